The monoisotopic (exact) mass is 228 g/mol. The van der Waals surface area contributed by atoms with Gasteiger partial charge >= 0.3 is 0 Å². The van der Waals surface area contributed by atoms with Crippen molar-refractivity contribution in [2.24, 2.45) is 0 Å². The fraction of sp³-hybridized carbons (Fsp3) is 0.154. The van der Waals surface area contributed by atoms with Crippen LogP contribution in [-0.2, 0) is 0 Å². The van der Waals surface area contributed by atoms with Crippen LogP contribution in [-0.4, -0.2) is 22.9 Å². The first-order chi connectivity index (χ1) is 8.22. The van der Waals surface area contributed by atoms with E-state index in [0.29, 0.717) is 5.56 Å². The first kappa shape index (κ1) is 11.3. The van der Waals surface area contributed by atoms with Crippen LogP contribution < -0.4 is 4.74 Å². The van der Waals surface area contributed by atoms with Gasteiger partial charge in [0.05, 0.1) is 7.11 Å². The Kier molecular flexibility index (Phi) is 3.14. The van der Waals surface area contributed by atoms with Gasteiger partial charge in [0.25, 0.3) is 0 Å². The lowest BCUT2D eigenvalue weighted by atomic mass is 10.0. The van der Waals surface area contributed by atoms with Crippen LogP contribution in [0.4, 0.5) is 0 Å². The number of methoxy groups -OCH3 is 1. The highest BCUT2D eigenvalue weighted by Crippen LogP contribution is 2.18. The predicted molar refractivity (Wildman–Crippen MR) is 63.2 cm³/mol. The van der Waals surface area contributed by atoms with Gasteiger partial charge < -0.3 is 4.74 Å². The van der Waals surface area contributed by atoms with Crippen LogP contribution in [0.15, 0.2) is 36.7 Å². The second-order valence-electron chi connectivity index (χ2n) is 3.58. The fourth-order valence-electron chi connectivity index (χ4n) is 1.55. The Hall–Kier alpha value is -2.23. The van der Waals surface area contributed by atoms with E-state index in [-0.39, 0.29) is 11.6 Å². The van der Waals surface area contributed by atoms with E-state index < -0.39 is 0 Å². The summed E-state index contributed by atoms with van der Waals surface area (Å²) < 4.78 is 5.09. The Morgan fingerprint density at radius 3 is 2.53 bits per heavy atom. The predicted octanol–water partition coefficient (Wildman–Crippen LogP) is 2.02. The van der Waals surface area contributed by atoms with E-state index in [4.69, 9.17) is 4.74 Å². The average molecular weight is 228 g/mol. The number of carbonyl (C=O) groups excluding carboxylic acids is 1. The number of hydrogen-bond acceptors (Lipinski definition) is 4. The van der Waals surface area contributed by atoms with Crippen LogP contribution >= 0.6 is 0 Å². The third kappa shape index (κ3) is 2.30. The number of hydrogen-bond donors (Lipinski definition) is 0. The molecule has 0 saturated heterocycles. The number of aromatic nitrogens is 2. The van der Waals surface area contributed by atoms with Gasteiger partial charge in [-0.2, -0.15) is 0 Å². The number of ether oxygens (including phenoxy) is 1. The largest absolute Gasteiger partial charge is 0.497 e. The molecule has 1 heterocycles. The van der Waals surface area contributed by atoms with Crippen molar-refractivity contribution >= 4 is 5.78 Å². The van der Waals surface area contributed by atoms with Gasteiger partial charge in [-0.25, -0.2) is 9.97 Å². The molecule has 4 heteroatoms. The van der Waals surface area contributed by atoms with Gasteiger partial charge in [-0.05, 0) is 36.8 Å². The SMILES string of the molecule is COc1ccc(C(=O)c2ncccn2)c(C)c1. The van der Waals surface area contributed by atoms with Gasteiger partial charge in [-0.3, -0.25) is 4.79 Å². The van der Waals surface area contributed by atoms with Crippen molar-refractivity contribution < 1.29 is 9.53 Å². The van der Waals surface area contributed by atoms with E-state index in [1.54, 1.807) is 37.7 Å². The maximum absolute atomic E-state index is 12.1. The van der Waals surface area contributed by atoms with Crippen molar-refractivity contribution in [1.29, 1.82) is 0 Å². The minimum atomic E-state index is -0.175. The molecule has 17 heavy (non-hydrogen) atoms. The number of ketones is 1. The smallest absolute Gasteiger partial charge is 0.230 e. The summed E-state index contributed by atoms with van der Waals surface area (Å²) in [6.07, 6.45) is 3.11. The molecule has 0 bridgehead atoms. The maximum Gasteiger partial charge on any atom is 0.230 e. The lowest BCUT2D eigenvalue weighted by Gasteiger charge is -2.06. The molecule has 0 unspecified atom stereocenters. The van der Waals surface area contributed by atoms with Gasteiger partial charge in [0.1, 0.15) is 5.75 Å². The summed E-state index contributed by atoms with van der Waals surface area (Å²) >= 11 is 0. The molecule has 0 radical (unpaired) electrons. The van der Waals surface area contributed by atoms with Gasteiger partial charge in [-0.15, -0.1) is 0 Å². The van der Waals surface area contributed by atoms with Gasteiger partial charge in [0.15, 0.2) is 0 Å². The molecular weight excluding hydrogens is 216 g/mol. The lowest BCUT2D eigenvalue weighted by molar-refractivity contribution is 0.102. The molecule has 86 valence electrons. The number of aryl methyl sites for hydroxylation is 1. The van der Waals surface area contributed by atoms with Crippen LogP contribution in [0.5, 0.6) is 5.75 Å². The zero-order chi connectivity index (χ0) is 12.3. The number of benzene rings is 1. The van der Waals surface area contributed by atoms with Crippen molar-refractivity contribution in [2.75, 3.05) is 7.11 Å². The van der Waals surface area contributed by atoms with E-state index >= 15 is 0 Å². The Morgan fingerprint density at radius 2 is 1.94 bits per heavy atom. The summed E-state index contributed by atoms with van der Waals surface area (Å²) in [6.45, 7) is 1.86. The van der Waals surface area contributed by atoms with Crippen LogP contribution in [0, 0.1) is 6.92 Å². The minimum Gasteiger partial charge on any atom is -0.497 e. The second-order valence-corrected chi connectivity index (χ2v) is 3.58. The summed E-state index contributed by atoms with van der Waals surface area (Å²) in [5.41, 5.74) is 1.44. The summed E-state index contributed by atoms with van der Waals surface area (Å²) in [6, 6.07) is 6.98. The summed E-state index contributed by atoms with van der Waals surface area (Å²) in [7, 11) is 1.59. The Morgan fingerprint density at radius 1 is 1.24 bits per heavy atom. The van der Waals surface area contributed by atoms with Crippen LogP contribution in [0.1, 0.15) is 21.7 Å². The molecule has 0 aliphatic carbocycles. The molecule has 0 atom stereocenters. The molecule has 1 aromatic heterocycles. The molecule has 2 aromatic rings. The molecule has 4 nitrogen and oxygen atoms in total. The van der Waals surface area contributed by atoms with Crippen molar-refractivity contribution in [3.05, 3.63) is 53.6 Å². The quantitative estimate of drug-likeness (QED) is 0.754. The van der Waals surface area contributed by atoms with E-state index in [2.05, 4.69) is 9.97 Å². The zero-order valence-electron chi connectivity index (χ0n) is 9.68. The topological polar surface area (TPSA) is 52.1 Å². The Labute approximate surface area is 99.3 Å². The standard InChI is InChI=1S/C13H12N2O2/c1-9-8-10(17-2)4-5-11(9)12(16)13-14-6-3-7-15-13/h3-8H,1-2H3. The number of carbonyl (C=O) groups is 1. The average Bonchev–Trinajstić information content (AvgIpc) is 2.39. The van der Waals surface area contributed by atoms with Gasteiger partial charge in [0, 0.05) is 18.0 Å². The molecule has 0 fully saturated rings. The van der Waals surface area contributed by atoms with E-state index in [0.717, 1.165) is 11.3 Å². The van der Waals surface area contributed by atoms with Crippen molar-refractivity contribution in [3.8, 4) is 5.75 Å². The fourth-order valence-corrected chi connectivity index (χ4v) is 1.55. The van der Waals surface area contributed by atoms with Crippen molar-refractivity contribution in [2.45, 2.75) is 6.92 Å². The Bertz CT molecular complexity index is 538. The first-order valence-electron chi connectivity index (χ1n) is 5.18. The van der Waals surface area contributed by atoms with E-state index in [1.807, 2.05) is 13.0 Å². The molecular formula is C13H12N2O2. The molecule has 1 aromatic carbocycles. The molecule has 0 spiro atoms. The van der Waals surface area contributed by atoms with Crippen molar-refractivity contribution in [1.82, 2.24) is 9.97 Å². The van der Waals surface area contributed by atoms with Gasteiger partial charge in [-0.1, -0.05) is 0 Å². The minimum absolute atomic E-state index is 0.175. The second kappa shape index (κ2) is 4.74. The molecule has 2 rings (SSSR count). The van der Waals surface area contributed by atoms with E-state index in [1.165, 1.54) is 0 Å². The third-order valence-electron chi connectivity index (χ3n) is 2.45. The highest BCUT2D eigenvalue weighted by molar-refractivity contribution is 6.07. The molecule has 0 saturated carbocycles. The summed E-state index contributed by atoms with van der Waals surface area (Å²) in [5, 5.41) is 0. The maximum atomic E-state index is 12.1. The molecule has 0 amide bonds. The van der Waals surface area contributed by atoms with Gasteiger partial charge in [0.2, 0.25) is 11.6 Å². The summed E-state index contributed by atoms with van der Waals surface area (Å²) in [5.74, 6) is 0.763. The zero-order valence-corrected chi connectivity index (χ0v) is 9.68. The molecule has 0 N–H and O–H groups in total. The van der Waals surface area contributed by atoms with Crippen molar-refractivity contribution in [3.63, 3.8) is 0 Å². The number of rotatable bonds is 3. The first-order valence-corrected chi connectivity index (χ1v) is 5.18. The van der Waals surface area contributed by atoms with Crippen LogP contribution in [0.2, 0.25) is 0 Å². The van der Waals surface area contributed by atoms with Crippen LogP contribution in [0.25, 0.3) is 0 Å². The summed E-state index contributed by atoms with van der Waals surface area (Å²) in [4.78, 5) is 20.0. The lowest BCUT2D eigenvalue weighted by Crippen LogP contribution is -2.08. The van der Waals surface area contributed by atoms with E-state index in [9.17, 15) is 4.79 Å². The normalized spacial score (nSPS) is 10.0. The third-order valence-corrected chi connectivity index (χ3v) is 2.45. The Balaban J connectivity index is 2.38. The number of nitrogens with zero attached hydrogens (tertiary/aromatic N) is 2. The molecule has 0 aliphatic heterocycles. The van der Waals surface area contributed by atoms with Crippen LogP contribution in [0.3, 0.4) is 0 Å². The highest BCUT2D eigenvalue weighted by Gasteiger charge is 2.14. The highest BCUT2D eigenvalue weighted by atomic mass is 16.5. The molecule has 0 aliphatic rings.